The third kappa shape index (κ3) is 4.78. The lowest BCUT2D eigenvalue weighted by atomic mass is 10.00. The van der Waals surface area contributed by atoms with E-state index >= 15 is 0 Å². The fourth-order valence-corrected chi connectivity index (χ4v) is 3.23. The van der Waals surface area contributed by atoms with Gasteiger partial charge in [0.15, 0.2) is 0 Å². The maximum atomic E-state index is 10.9. The standard InChI is InChI=1S/C21H32N2O/c1-5-7-12-23(13-8-6-2)15-20(24)19-14-17(4)22-21-16(3)10-9-11-18(19)21/h9-11,14,20,24H,5-8,12-13,15H2,1-4H3. The number of aliphatic hydroxyl groups excluding tert-OH is 1. The van der Waals surface area contributed by atoms with Crippen LogP contribution >= 0.6 is 0 Å². The molecule has 1 aromatic heterocycles. The molecule has 0 spiro atoms. The van der Waals surface area contributed by atoms with Crippen molar-refractivity contribution in [1.29, 1.82) is 0 Å². The summed E-state index contributed by atoms with van der Waals surface area (Å²) in [4.78, 5) is 7.08. The number of rotatable bonds is 9. The number of pyridine rings is 1. The van der Waals surface area contributed by atoms with Gasteiger partial charge in [0.25, 0.3) is 0 Å². The molecule has 0 bridgehead atoms. The van der Waals surface area contributed by atoms with Crippen molar-refractivity contribution in [2.75, 3.05) is 19.6 Å². The van der Waals surface area contributed by atoms with Gasteiger partial charge in [0.2, 0.25) is 0 Å². The van der Waals surface area contributed by atoms with Crippen LogP contribution in [0.2, 0.25) is 0 Å². The summed E-state index contributed by atoms with van der Waals surface area (Å²) in [6.07, 6.45) is 4.28. The van der Waals surface area contributed by atoms with E-state index in [1.807, 2.05) is 13.0 Å². The molecule has 3 nitrogen and oxygen atoms in total. The van der Waals surface area contributed by atoms with Crippen LogP contribution in [0.1, 0.15) is 62.5 Å². The fraction of sp³-hybridized carbons (Fsp3) is 0.571. The van der Waals surface area contributed by atoms with E-state index < -0.39 is 6.10 Å². The maximum Gasteiger partial charge on any atom is 0.0924 e. The number of unbranched alkanes of at least 4 members (excludes halogenated alkanes) is 2. The molecule has 1 aromatic carbocycles. The predicted octanol–water partition coefficient (Wildman–Crippen LogP) is 4.79. The van der Waals surface area contributed by atoms with Crippen LogP contribution < -0.4 is 0 Å². The van der Waals surface area contributed by atoms with Crippen molar-refractivity contribution in [3.8, 4) is 0 Å². The summed E-state index contributed by atoms with van der Waals surface area (Å²) < 4.78 is 0. The minimum absolute atomic E-state index is 0.468. The van der Waals surface area contributed by atoms with E-state index in [-0.39, 0.29) is 0 Å². The summed E-state index contributed by atoms with van der Waals surface area (Å²) in [5.41, 5.74) is 4.16. The average molecular weight is 329 g/mol. The highest BCUT2D eigenvalue weighted by Gasteiger charge is 2.17. The molecular formula is C21H32N2O. The Morgan fingerprint density at radius 3 is 2.38 bits per heavy atom. The summed E-state index contributed by atoms with van der Waals surface area (Å²) in [5, 5.41) is 12.0. The molecule has 2 aromatic rings. The van der Waals surface area contributed by atoms with Gasteiger partial charge in [-0.25, -0.2) is 0 Å². The molecule has 1 unspecified atom stereocenters. The van der Waals surface area contributed by atoms with Gasteiger partial charge in [-0.3, -0.25) is 4.98 Å². The van der Waals surface area contributed by atoms with Crippen molar-refractivity contribution in [3.63, 3.8) is 0 Å². The van der Waals surface area contributed by atoms with Crippen molar-refractivity contribution in [3.05, 3.63) is 41.1 Å². The van der Waals surface area contributed by atoms with E-state index in [1.54, 1.807) is 0 Å². The Hall–Kier alpha value is -1.45. The molecule has 0 saturated heterocycles. The Balaban J connectivity index is 2.25. The molecule has 1 atom stereocenters. The van der Waals surface area contributed by atoms with Crippen molar-refractivity contribution in [2.24, 2.45) is 0 Å². The maximum absolute atomic E-state index is 10.9. The molecule has 1 heterocycles. The molecule has 24 heavy (non-hydrogen) atoms. The van der Waals surface area contributed by atoms with Crippen LogP contribution in [0.25, 0.3) is 10.9 Å². The molecule has 132 valence electrons. The number of aromatic nitrogens is 1. The summed E-state index contributed by atoms with van der Waals surface area (Å²) in [7, 11) is 0. The summed E-state index contributed by atoms with van der Waals surface area (Å²) in [6.45, 7) is 11.4. The van der Waals surface area contributed by atoms with Crippen LogP contribution in [-0.2, 0) is 0 Å². The SMILES string of the molecule is CCCCN(CCCC)CC(O)c1cc(C)nc2c(C)cccc12. The van der Waals surface area contributed by atoms with Gasteiger partial charge in [0.1, 0.15) is 0 Å². The number of nitrogens with zero attached hydrogens (tertiary/aromatic N) is 2. The average Bonchev–Trinajstić information content (AvgIpc) is 2.57. The number of hydrogen-bond donors (Lipinski definition) is 1. The second-order valence-electron chi connectivity index (χ2n) is 6.85. The van der Waals surface area contributed by atoms with Crippen molar-refractivity contribution in [2.45, 2.75) is 59.5 Å². The Morgan fingerprint density at radius 1 is 1.08 bits per heavy atom. The third-order valence-electron chi connectivity index (χ3n) is 4.65. The number of fused-ring (bicyclic) bond motifs is 1. The monoisotopic (exact) mass is 328 g/mol. The molecule has 0 saturated carbocycles. The second kappa shape index (κ2) is 9.14. The minimum Gasteiger partial charge on any atom is -0.387 e. The minimum atomic E-state index is -0.468. The zero-order valence-corrected chi connectivity index (χ0v) is 15.7. The van der Waals surface area contributed by atoms with Gasteiger partial charge in [-0.2, -0.15) is 0 Å². The lowest BCUT2D eigenvalue weighted by Crippen LogP contribution is -2.31. The number of para-hydroxylation sites is 1. The van der Waals surface area contributed by atoms with Gasteiger partial charge in [0, 0.05) is 17.6 Å². The predicted molar refractivity (Wildman–Crippen MR) is 102 cm³/mol. The van der Waals surface area contributed by atoms with Gasteiger partial charge in [-0.05, 0) is 57.0 Å². The van der Waals surface area contributed by atoms with E-state index in [4.69, 9.17) is 0 Å². The first kappa shape index (κ1) is 18.9. The first-order chi connectivity index (χ1) is 11.6. The van der Waals surface area contributed by atoms with E-state index in [0.717, 1.165) is 35.2 Å². The topological polar surface area (TPSA) is 36.4 Å². The highest BCUT2D eigenvalue weighted by atomic mass is 16.3. The van der Waals surface area contributed by atoms with Crippen LogP contribution in [0.15, 0.2) is 24.3 Å². The molecule has 0 aliphatic heterocycles. The van der Waals surface area contributed by atoms with Crippen molar-refractivity contribution in [1.82, 2.24) is 9.88 Å². The van der Waals surface area contributed by atoms with Gasteiger partial charge < -0.3 is 10.0 Å². The molecule has 0 fully saturated rings. The Labute approximate surface area is 146 Å². The van der Waals surface area contributed by atoms with E-state index in [2.05, 4.69) is 48.9 Å². The normalized spacial score (nSPS) is 12.9. The Morgan fingerprint density at radius 2 is 1.75 bits per heavy atom. The molecular weight excluding hydrogens is 296 g/mol. The zero-order chi connectivity index (χ0) is 17.5. The largest absolute Gasteiger partial charge is 0.387 e. The van der Waals surface area contributed by atoms with Crippen LogP contribution in [0.5, 0.6) is 0 Å². The van der Waals surface area contributed by atoms with Crippen LogP contribution in [-0.4, -0.2) is 34.6 Å². The van der Waals surface area contributed by atoms with Crippen LogP contribution in [0.3, 0.4) is 0 Å². The molecule has 0 radical (unpaired) electrons. The van der Waals surface area contributed by atoms with Crippen LogP contribution in [0.4, 0.5) is 0 Å². The lowest BCUT2D eigenvalue weighted by molar-refractivity contribution is 0.112. The summed E-state index contributed by atoms with van der Waals surface area (Å²) >= 11 is 0. The highest BCUT2D eigenvalue weighted by molar-refractivity contribution is 5.85. The van der Waals surface area contributed by atoms with Crippen LogP contribution in [0, 0.1) is 13.8 Å². The van der Waals surface area contributed by atoms with E-state index in [1.165, 1.54) is 31.2 Å². The molecule has 2 rings (SSSR count). The number of aryl methyl sites for hydroxylation is 2. The van der Waals surface area contributed by atoms with Gasteiger partial charge in [0.05, 0.1) is 11.6 Å². The second-order valence-corrected chi connectivity index (χ2v) is 6.85. The van der Waals surface area contributed by atoms with Gasteiger partial charge in [-0.15, -0.1) is 0 Å². The lowest BCUT2D eigenvalue weighted by Gasteiger charge is -2.26. The molecule has 0 aliphatic rings. The number of benzene rings is 1. The third-order valence-corrected chi connectivity index (χ3v) is 4.65. The summed E-state index contributed by atoms with van der Waals surface area (Å²) in [6, 6.07) is 8.26. The zero-order valence-electron chi connectivity index (χ0n) is 15.7. The van der Waals surface area contributed by atoms with Gasteiger partial charge in [-0.1, -0.05) is 44.9 Å². The van der Waals surface area contributed by atoms with E-state index in [9.17, 15) is 5.11 Å². The highest BCUT2D eigenvalue weighted by Crippen LogP contribution is 2.27. The first-order valence-corrected chi connectivity index (χ1v) is 9.34. The van der Waals surface area contributed by atoms with Crippen molar-refractivity contribution >= 4 is 10.9 Å². The molecule has 0 amide bonds. The smallest absolute Gasteiger partial charge is 0.0924 e. The molecule has 3 heteroatoms. The van der Waals surface area contributed by atoms with Gasteiger partial charge >= 0.3 is 0 Å². The molecule has 1 N–H and O–H groups in total. The summed E-state index contributed by atoms with van der Waals surface area (Å²) in [5.74, 6) is 0. The van der Waals surface area contributed by atoms with Crippen molar-refractivity contribution < 1.29 is 5.11 Å². The quantitative estimate of drug-likeness (QED) is 0.719. The Kier molecular flexibility index (Phi) is 7.19. The number of aliphatic hydroxyl groups is 1. The Bertz CT molecular complexity index is 646. The van der Waals surface area contributed by atoms with E-state index in [0.29, 0.717) is 6.54 Å². The number of hydrogen-bond acceptors (Lipinski definition) is 3. The molecule has 0 aliphatic carbocycles. The first-order valence-electron chi connectivity index (χ1n) is 9.34. The fourth-order valence-electron chi connectivity index (χ4n) is 3.23.